The van der Waals surface area contributed by atoms with Gasteiger partial charge < -0.3 is 18.9 Å². The van der Waals surface area contributed by atoms with E-state index < -0.39 is 26.5 Å². The molecule has 0 spiro atoms. The molecular weight excluding hydrogens is 1010 g/mol. The molecule has 1 N–H and O–H groups in total. The zero-order chi connectivity index (χ0) is 58.4. The monoisotopic (exact) mass is 1130 g/mol. The van der Waals surface area contributed by atoms with Gasteiger partial charge >= 0.3 is 19.8 Å². The Morgan fingerprint density at radius 2 is 0.675 bits per heavy atom. The molecule has 0 rings (SSSR count). The summed E-state index contributed by atoms with van der Waals surface area (Å²) in [6.45, 7) is 4.21. The van der Waals surface area contributed by atoms with E-state index in [-0.39, 0.29) is 32.0 Å². The molecular formula is C70H121NO8P+. The molecule has 0 fully saturated rings. The number of esters is 2. The van der Waals surface area contributed by atoms with Gasteiger partial charge in [0, 0.05) is 12.8 Å². The number of rotatable bonds is 58. The zero-order valence-electron chi connectivity index (χ0n) is 52.0. The fraction of sp³-hybridized carbons (Fsp3) is 0.686. The highest BCUT2D eigenvalue weighted by Gasteiger charge is 2.27. The van der Waals surface area contributed by atoms with Crippen LogP contribution >= 0.6 is 7.82 Å². The highest BCUT2D eigenvalue weighted by Crippen LogP contribution is 2.43. The molecule has 0 bridgehead atoms. The molecule has 458 valence electrons. The molecule has 0 saturated carbocycles. The Balaban J connectivity index is 4.13. The maximum atomic E-state index is 12.9. The molecule has 0 heterocycles. The van der Waals surface area contributed by atoms with Gasteiger partial charge in [-0.1, -0.05) is 264 Å². The minimum Gasteiger partial charge on any atom is -0.462 e. The number of allylic oxidation sites excluding steroid dienone is 20. The first-order valence-corrected chi connectivity index (χ1v) is 33.8. The summed E-state index contributed by atoms with van der Waals surface area (Å²) in [6, 6.07) is 0. The summed E-state index contributed by atoms with van der Waals surface area (Å²) < 4.78 is 34.7. The van der Waals surface area contributed by atoms with E-state index >= 15 is 0 Å². The van der Waals surface area contributed by atoms with Gasteiger partial charge in [0.2, 0.25) is 0 Å². The number of unbranched alkanes of at least 4 members (excludes halogenated alkanes) is 24. The Morgan fingerprint density at radius 1 is 0.388 bits per heavy atom. The van der Waals surface area contributed by atoms with E-state index in [9.17, 15) is 19.0 Å². The van der Waals surface area contributed by atoms with E-state index in [1.165, 1.54) is 116 Å². The number of hydrogen-bond acceptors (Lipinski definition) is 7. The van der Waals surface area contributed by atoms with Gasteiger partial charge in [-0.3, -0.25) is 18.6 Å². The molecule has 0 aliphatic rings. The summed E-state index contributed by atoms with van der Waals surface area (Å²) in [6.07, 6.45) is 85.6. The first kappa shape index (κ1) is 76.4. The minimum atomic E-state index is -4.40. The predicted octanol–water partition coefficient (Wildman–Crippen LogP) is 20.7. The number of phosphoric acid groups is 1. The van der Waals surface area contributed by atoms with Crippen LogP contribution in [-0.2, 0) is 32.7 Å². The van der Waals surface area contributed by atoms with E-state index in [0.717, 1.165) is 109 Å². The van der Waals surface area contributed by atoms with Crippen molar-refractivity contribution in [2.75, 3.05) is 47.5 Å². The molecule has 2 atom stereocenters. The van der Waals surface area contributed by atoms with Crippen LogP contribution < -0.4 is 0 Å². The van der Waals surface area contributed by atoms with Crippen molar-refractivity contribution >= 4 is 19.8 Å². The van der Waals surface area contributed by atoms with Crippen LogP contribution in [0.4, 0.5) is 0 Å². The fourth-order valence-corrected chi connectivity index (χ4v) is 9.34. The van der Waals surface area contributed by atoms with Crippen LogP contribution in [0.25, 0.3) is 0 Å². The summed E-state index contributed by atoms with van der Waals surface area (Å²) in [7, 11) is 1.46. The Kier molecular flexibility index (Phi) is 57.3. The normalized spacial score (nSPS) is 14.0. The van der Waals surface area contributed by atoms with Crippen LogP contribution in [0.1, 0.15) is 258 Å². The third-order valence-corrected chi connectivity index (χ3v) is 14.5. The fourth-order valence-electron chi connectivity index (χ4n) is 8.60. The SMILES string of the molecule is CC/C=C\C/C=C\C/C=C\C/C=C\C/C=C\C/C=C\CCCCCCCCCCCCC(=O)OC(COC(=O)CCCCCCCCCCCCCCCC/C=C\C/C=C\C/C=C\C/C=C\CC)COP(=O)(O)OCC[N+](C)(C)C. The number of carbonyl (C=O) groups excluding carboxylic acids is 2. The van der Waals surface area contributed by atoms with Gasteiger partial charge in [-0.25, -0.2) is 4.57 Å². The van der Waals surface area contributed by atoms with Gasteiger partial charge in [0.15, 0.2) is 6.10 Å². The van der Waals surface area contributed by atoms with E-state index in [0.29, 0.717) is 17.4 Å². The average molecular weight is 1140 g/mol. The molecule has 80 heavy (non-hydrogen) atoms. The number of hydrogen-bond donors (Lipinski definition) is 1. The molecule has 9 nitrogen and oxygen atoms in total. The van der Waals surface area contributed by atoms with Crippen LogP contribution in [0, 0.1) is 0 Å². The third-order valence-electron chi connectivity index (χ3n) is 13.5. The summed E-state index contributed by atoms with van der Waals surface area (Å²) in [4.78, 5) is 35.8. The molecule has 0 aromatic carbocycles. The van der Waals surface area contributed by atoms with Gasteiger partial charge in [0.1, 0.15) is 19.8 Å². The van der Waals surface area contributed by atoms with Gasteiger partial charge in [0.25, 0.3) is 0 Å². The Bertz CT molecular complexity index is 1760. The lowest BCUT2D eigenvalue weighted by Gasteiger charge is -2.24. The number of nitrogens with zero attached hydrogens (tertiary/aromatic N) is 1. The Hall–Kier alpha value is -3.59. The first-order chi connectivity index (χ1) is 39.0. The van der Waals surface area contributed by atoms with Crippen LogP contribution in [-0.4, -0.2) is 74.9 Å². The van der Waals surface area contributed by atoms with E-state index in [2.05, 4.69) is 135 Å². The minimum absolute atomic E-state index is 0.0255. The number of phosphoric ester groups is 1. The second-order valence-corrected chi connectivity index (χ2v) is 23.8. The predicted molar refractivity (Wildman–Crippen MR) is 344 cm³/mol. The van der Waals surface area contributed by atoms with Crippen LogP contribution in [0.3, 0.4) is 0 Å². The van der Waals surface area contributed by atoms with Crippen LogP contribution in [0.2, 0.25) is 0 Å². The molecule has 0 aromatic heterocycles. The largest absolute Gasteiger partial charge is 0.472 e. The highest BCUT2D eigenvalue weighted by atomic mass is 31.2. The standard InChI is InChI=1S/C70H120NO8P/c1-6-8-10-12-14-16-18-20-22-24-26-28-30-32-34-35-37-39-41-43-45-47-49-51-53-55-57-59-61-63-70(73)79-68(67-78-80(74,75)77-65-64-71(3,4)5)66-76-69(72)62-60-58-56-54-52-50-48-46-44-42-40-38-36-33-31-29-27-25-23-21-19-17-15-13-11-9-7-2/h8-11,14-17,20-23,26-29,32,34,37,39,68H,6-7,12-13,18-19,24-25,30-31,33,35-36,38,40-67H2,1-5H3/p+1/b10-8-,11-9-,16-14-,17-15-,22-20-,23-21-,28-26-,29-27-,34-32-,39-37-. The molecule has 0 aromatic rings. The number of ether oxygens (including phenoxy) is 2. The molecule has 0 aliphatic carbocycles. The smallest absolute Gasteiger partial charge is 0.462 e. The number of quaternary nitrogens is 1. The molecule has 10 heteroatoms. The molecule has 0 radical (unpaired) electrons. The van der Waals surface area contributed by atoms with Crippen LogP contribution in [0.15, 0.2) is 122 Å². The summed E-state index contributed by atoms with van der Waals surface area (Å²) >= 11 is 0. The lowest BCUT2D eigenvalue weighted by molar-refractivity contribution is -0.870. The quantitative estimate of drug-likeness (QED) is 0.0211. The average Bonchev–Trinajstić information content (AvgIpc) is 3.42. The van der Waals surface area contributed by atoms with Crippen molar-refractivity contribution in [1.82, 2.24) is 0 Å². The van der Waals surface area contributed by atoms with Gasteiger partial charge in [0.05, 0.1) is 27.7 Å². The van der Waals surface area contributed by atoms with Crippen LogP contribution in [0.5, 0.6) is 0 Å². The van der Waals surface area contributed by atoms with Gasteiger partial charge in [-0.05, 0) is 103 Å². The maximum Gasteiger partial charge on any atom is 0.472 e. The first-order valence-electron chi connectivity index (χ1n) is 32.3. The van der Waals surface area contributed by atoms with Crippen molar-refractivity contribution in [3.05, 3.63) is 122 Å². The topological polar surface area (TPSA) is 108 Å². The van der Waals surface area contributed by atoms with Gasteiger partial charge in [-0.15, -0.1) is 0 Å². The van der Waals surface area contributed by atoms with Crippen molar-refractivity contribution in [2.24, 2.45) is 0 Å². The van der Waals surface area contributed by atoms with Crippen molar-refractivity contribution in [2.45, 2.75) is 264 Å². The lowest BCUT2D eigenvalue weighted by atomic mass is 10.0. The maximum absolute atomic E-state index is 12.9. The van der Waals surface area contributed by atoms with Crippen molar-refractivity contribution in [3.63, 3.8) is 0 Å². The summed E-state index contributed by atoms with van der Waals surface area (Å²) in [5.74, 6) is -0.804. The lowest BCUT2D eigenvalue weighted by Crippen LogP contribution is -2.37. The van der Waals surface area contributed by atoms with Crippen molar-refractivity contribution in [3.8, 4) is 0 Å². The Morgan fingerprint density at radius 3 is 1.00 bits per heavy atom. The second-order valence-electron chi connectivity index (χ2n) is 22.4. The zero-order valence-corrected chi connectivity index (χ0v) is 52.9. The van der Waals surface area contributed by atoms with Crippen molar-refractivity contribution < 1.29 is 42.1 Å². The molecule has 0 aliphatic heterocycles. The molecule has 2 unspecified atom stereocenters. The number of carbonyl (C=O) groups is 2. The van der Waals surface area contributed by atoms with Gasteiger partial charge in [-0.2, -0.15) is 0 Å². The van der Waals surface area contributed by atoms with E-state index in [4.69, 9.17) is 18.5 Å². The van der Waals surface area contributed by atoms with E-state index in [1.54, 1.807) is 0 Å². The highest BCUT2D eigenvalue weighted by molar-refractivity contribution is 7.47. The van der Waals surface area contributed by atoms with Crippen molar-refractivity contribution in [1.29, 1.82) is 0 Å². The summed E-state index contributed by atoms with van der Waals surface area (Å²) in [5.41, 5.74) is 0. The second kappa shape index (κ2) is 60.0. The third kappa shape index (κ3) is 63.6. The molecule has 0 saturated heterocycles. The van der Waals surface area contributed by atoms with E-state index in [1.807, 2.05) is 21.1 Å². The summed E-state index contributed by atoms with van der Waals surface area (Å²) in [5, 5.41) is 0. The Labute approximate surface area is 492 Å². The number of likely N-dealkylation sites (N-methyl/N-ethyl adjacent to an activating group) is 1. The molecule has 0 amide bonds.